The number of hydrogen-bond acceptors (Lipinski definition) is 4. The Hall–Kier alpha value is -2.07. The minimum Gasteiger partial charge on any atom is -0.411 e. The topological polar surface area (TPSA) is 70.6 Å². The van der Waals surface area contributed by atoms with E-state index in [-0.39, 0.29) is 0 Å². The second-order valence-electron chi connectivity index (χ2n) is 6.18. The molecule has 0 unspecified atom stereocenters. The summed E-state index contributed by atoms with van der Waals surface area (Å²) in [4.78, 5) is 0. The smallest absolute Gasteiger partial charge is 0.0713 e. The Morgan fingerprint density at radius 2 is 2.17 bits per heavy atom. The largest absolute Gasteiger partial charge is 0.411 e. The zero-order valence-electron chi connectivity index (χ0n) is 13.9. The number of piperidine rings is 1. The van der Waals surface area contributed by atoms with Gasteiger partial charge in [0.2, 0.25) is 0 Å². The molecule has 0 aliphatic carbocycles. The molecule has 4 N–H and O–H groups in total. The molecule has 0 atom stereocenters. The number of oxime groups is 1. The maximum atomic E-state index is 8.98. The van der Waals surface area contributed by atoms with E-state index in [9.17, 15) is 0 Å². The van der Waals surface area contributed by atoms with E-state index in [2.05, 4.69) is 42.2 Å². The van der Waals surface area contributed by atoms with Crippen molar-refractivity contribution in [1.82, 2.24) is 5.32 Å². The number of allylic oxidation sites excluding steroid dienone is 3. The summed E-state index contributed by atoms with van der Waals surface area (Å²) >= 11 is 0. The fraction of sp³-hybridized carbons (Fsp3) is 0.421. The van der Waals surface area contributed by atoms with Gasteiger partial charge in [0.25, 0.3) is 0 Å². The second kappa shape index (κ2) is 8.53. The van der Waals surface area contributed by atoms with Gasteiger partial charge in [-0.3, -0.25) is 0 Å². The Balaban J connectivity index is 2.20. The van der Waals surface area contributed by atoms with Crippen LogP contribution in [0.15, 0.2) is 47.3 Å². The summed E-state index contributed by atoms with van der Waals surface area (Å²) in [5.74, 6) is 0.369. The molecule has 0 aromatic heterocycles. The van der Waals surface area contributed by atoms with Crippen LogP contribution in [-0.4, -0.2) is 24.5 Å². The van der Waals surface area contributed by atoms with Crippen molar-refractivity contribution in [1.29, 1.82) is 0 Å². The zero-order chi connectivity index (χ0) is 16.7. The lowest BCUT2D eigenvalue weighted by molar-refractivity contribution is 0.320. The Kier molecular flexibility index (Phi) is 6.41. The van der Waals surface area contributed by atoms with Crippen LogP contribution in [0.4, 0.5) is 0 Å². The Morgan fingerprint density at radius 3 is 2.78 bits per heavy atom. The van der Waals surface area contributed by atoms with E-state index in [0.717, 1.165) is 43.6 Å². The number of nitrogens with one attached hydrogen (secondary N) is 1. The van der Waals surface area contributed by atoms with Crippen molar-refractivity contribution in [2.24, 2.45) is 16.8 Å². The minimum absolute atomic E-state index is 0.369. The molecule has 4 nitrogen and oxygen atoms in total. The standard InChI is InChI=1S/C19H27N3O/c1-3-4-16-6-5-15(11-14(16)2)12-19(20)18(13-22-23)17-7-9-21-10-8-17/h3,5-6,11,13,17,21,23H,1,4,7-10,12,20H2,2H3/b19-18+,22-13+. The van der Waals surface area contributed by atoms with Crippen LogP contribution in [0.2, 0.25) is 0 Å². The highest BCUT2D eigenvalue weighted by Gasteiger charge is 2.19. The van der Waals surface area contributed by atoms with Crippen molar-refractivity contribution in [2.45, 2.75) is 32.6 Å². The lowest BCUT2D eigenvalue weighted by Crippen LogP contribution is -2.30. The molecule has 0 saturated carbocycles. The summed E-state index contributed by atoms with van der Waals surface area (Å²) in [5.41, 5.74) is 11.9. The quantitative estimate of drug-likeness (QED) is 0.327. The number of nitrogens with two attached hydrogens (primary N) is 1. The van der Waals surface area contributed by atoms with Crippen molar-refractivity contribution in [3.63, 3.8) is 0 Å². The van der Waals surface area contributed by atoms with Gasteiger partial charge in [0, 0.05) is 12.1 Å². The van der Waals surface area contributed by atoms with E-state index in [1.54, 1.807) is 0 Å². The third-order valence-corrected chi connectivity index (χ3v) is 4.51. The van der Waals surface area contributed by atoms with Crippen molar-refractivity contribution in [3.8, 4) is 0 Å². The fourth-order valence-electron chi connectivity index (χ4n) is 3.22. The molecule has 1 aliphatic rings. The van der Waals surface area contributed by atoms with Gasteiger partial charge in [-0.25, -0.2) is 0 Å². The van der Waals surface area contributed by atoms with Gasteiger partial charge in [-0.05, 0) is 67.5 Å². The Bertz CT molecular complexity index is 599. The van der Waals surface area contributed by atoms with Crippen LogP contribution in [0.3, 0.4) is 0 Å². The van der Waals surface area contributed by atoms with Gasteiger partial charge in [-0.2, -0.15) is 0 Å². The highest BCUT2D eigenvalue weighted by molar-refractivity contribution is 5.79. The molecule has 23 heavy (non-hydrogen) atoms. The van der Waals surface area contributed by atoms with Gasteiger partial charge in [0.05, 0.1) is 6.21 Å². The summed E-state index contributed by atoms with van der Waals surface area (Å²) in [6.07, 6.45) is 7.06. The molecule has 0 amide bonds. The van der Waals surface area contributed by atoms with Gasteiger partial charge >= 0.3 is 0 Å². The van der Waals surface area contributed by atoms with Crippen LogP contribution < -0.4 is 11.1 Å². The lowest BCUT2D eigenvalue weighted by Gasteiger charge is -2.24. The molecule has 1 heterocycles. The summed E-state index contributed by atoms with van der Waals surface area (Å²) in [7, 11) is 0. The Labute approximate surface area is 138 Å². The SMILES string of the molecule is C=CCc1ccc(C/C(N)=C(/C=N/O)C2CCNCC2)cc1C. The van der Waals surface area contributed by atoms with E-state index in [4.69, 9.17) is 10.9 Å². The third kappa shape index (κ3) is 4.70. The van der Waals surface area contributed by atoms with Crippen molar-refractivity contribution in [3.05, 3.63) is 58.8 Å². The van der Waals surface area contributed by atoms with Gasteiger partial charge in [0.1, 0.15) is 0 Å². The number of hydrogen-bond donors (Lipinski definition) is 3. The van der Waals surface area contributed by atoms with E-state index in [0.29, 0.717) is 12.3 Å². The molecule has 0 spiro atoms. The van der Waals surface area contributed by atoms with Gasteiger partial charge in [-0.15, -0.1) is 6.58 Å². The summed E-state index contributed by atoms with van der Waals surface area (Å²) in [6.45, 7) is 7.87. The summed E-state index contributed by atoms with van der Waals surface area (Å²) in [6, 6.07) is 6.45. The van der Waals surface area contributed by atoms with Crippen LogP contribution in [0.25, 0.3) is 0 Å². The highest BCUT2D eigenvalue weighted by Crippen LogP contribution is 2.23. The monoisotopic (exact) mass is 313 g/mol. The number of benzene rings is 1. The second-order valence-corrected chi connectivity index (χ2v) is 6.18. The Morgan fingerprint density at radius 1 is 1.43 bits per heavy atom. The summed E-state index contributed by atoms with van der Waals surface area (Å²) in [5, 5.41) is 15.6. The molecular weight excluding hydrogens is 286 g/mol. The lowest BCUT2D eigenvalue weighted by atomic mass is 9.87. The van der Waals surface area contributed by atoms with Crippen molar-refractivity contribution >= 4 is 6.21 Å². The molecule has 124 valence electrons. The van der Waals surface area contributed by atoms with E-state index >= 15 is 0 Å². The van der Waals surface area contributed by atoms with Gasteiger partial charge < -0.3 is 16.3 Å². The maximum absolute atomic E-state index is 8.98. The molecule has 1 saturated heterocycles. The van der Waals surface area contributed by atoms with Crippen LogP contribution in [0, 0.1) is 12.8 Å². The third-order valence-electron chi connectivity index (χ3n) is 4.51. The number of aryl methyl sites for hydroxylation is 1. The van der Waals surface area contributed by atoms with Gasteiger partial charge in [-0.1, -0.05) is 29.4 Å². The molecule has 1 fully saturated rings. The average molecular weight is 313 g/mol. The normalized spacial score (nSPS) is 17.3. The molecule has 4 heteroatoms. The first-order valence-electron chi connectivity index (χ1n) is 8.21. The predicted molar refractivity (Wildman–Crippen MR) is 95.9 cm³/mol. The van der Waals surface area contributed by atoms with Gasteiger partial charge in [0.15, 0.2) is 0 Å². The first-order chi connectivity index (χ1) is 11.2. The van der Waals surface area contributed by atoms with Crippen LogP contribution in [-0.2, 0) is 12.8 Å². The van der Waals surface area contributed by atoms with E-state index in [1.807, 2.05) is 6.08 Å². The minimum atomic E-state index is 0.369. The fourth-order valence-corrected chi connectivity index (χ4v) is 3.22. The van der Waals surface area contributed by atoms with E-state index in [1.165, 1.54) is 22.9 Å². The molecule has 1 aromatic rings. The molecular formula is C19H27N3O. The zero-order valence-corrected chi connectivity index (χ0v) is 13.9. The molecule has 0 radical (unpaired) electrons. The molecule has 2 rings (SSSR count). The van der Waals surface area contributed by atoms with Crippen LogP contribution in [0.1, 0.15) is 29.5 Å². The van der Waals surface area contributed by atoms with Crippen molar-refractivity contribution in [2.75, 3.05) is 13.1 Å². The first kappa shape index (κ1) is 17.3. The molecule has 1 aliphatic heterocycles. The van der Waals surface area contributed by atoms with Crippen molar-refractivity contribution < 1.29 is 5.21 Å². The average Bonchev–Trinajstić information content (AvgIpc) is 2.56. The number of rotatable bonds is 6. The maximum Gasteiger partial charge on any atom is 0.0713 e. The highest BCUT2D eigenvalue weighted by atomic mass is 16.4. The number of nitrogens with zero attached hydrogens (tertiary/aromatic N) is 1. The summed E-state index contributed by atoms with van der Waals surface area (Å²) < 4.78 is 0. The van der Waals surface area contributed by atoms with Crippen LogP contribution in [0.5, 0.6) is 0 Å². The first-order valence-corrected chi connectivity index (χ1v) is 8.21. The van der Waals surface area contributed by atoms with E-state index < -0.39 is 0 Å². The predicted octanol–water partition coefficient (Wildman–Crippen LogP) is 2.94. The van der Waals surface area contributed by atoms with Crippen LogP contribution >= 0.6 is 0 Å². The molecule has 1 aromatic carbocycles. The molecule has 0 bridgehead atoms.